The molecular weight excluding hydrogens is 242 g/mol. The van der Waals surface area contributed by atoms with Crippen molar-refractivity contribution < 1.29 is 14.3 Å². The normalized spacial score (nSPS) is 22.8. The van der Waals surface area contributed by atoms with E-state index in [2.05, 4.69) is 12.2 Å². The fraction of sp³-hybridized carbons (Fsp3) is 0.933. The molecule has 0 bridgehead atoms. The van der Waals surface area contributed by atoms with Gasteiger partial charge in [0.25, 0.3) is 0 Å². The van der Waals surface area contributed by atoms with E-state index in [9.17, 15) is 4.79 Å². The summed E-state index contributed by atoms with van der Waals surface area (Å²) in [5.74, 6) is -0.104. The number of carbonyl (C=O) groups excluding carboxylic acids is 1. The second-order valence-electron chi connectivity index (χ2n) is 5.76. The van der Waals surface area contributed by atoms with Gasteiger partial charge in [-0.3, -0.25) is 4.79 Å². The van der Waals surface area contributed by atoms with Crippen LogP contribution in [0.2, 0.25) is 0 Å². The Morgan fingerprint density at radius 2 is 1.84 bits per heavy atom. The topological polar surface area (TPSA) is 47.6 Å². The van der Waals surface area contributed by atoms with Gasteiger partial charge in [-0.1, -0.05) is 26.2 Å². The van der Waals surface area contributed by atoms with Crippen molar-refractivity contribution in [2.45, 2.75) is 76.5 Å². The molecule has 4 heteroatoms. The van der Waals surface area contributed by atoms with Crippen LogP contribution in [0.4, 0.5) is 0 Å². The van der Waals surface area contributed by atoms with Crippen molar-refractivity contribution in [3.63, 3.8) is 0 Å². The van der Waals surface area contributed by atoms with Gasteiger partial charge in [-0.25, -0.2) is 0 Å². The van der Waals surface area contributed by atoms with Crippen molar-refractivity contribution in [3.8, 4) is 0 Å². The highest BCUT2D eigenvalue weighted by Gasteiger charge is 2.40. The molecule has 2 rings (SSSR count). The minimum atomic E-state index is -0.317. The molecule has 2 aliphatic rings. The summed E-state index contributed by atoms with van der Waals surface area (Å²) in [6, 6.07) is 0.317. The first-order valence-electron chi connectivity index (χ1n) is 7.81. The Kier molecular flexibility index (Phi) is 5.64. The van der Waals surface area contributed by atoms with Gasteiger partial charge in [0.2, 0.25) is 5.91 Å². The first-order valence-corrected chi connectivity index (χ1v) is 7.81. The van der Waals surface area contributed by atoms with Crippen LogP contribution in [-0.4, -0.2) is 30.9 Å². The number of unbranched alkanes of at least 4 members (excludes halogenated alkanes) is 3. The van der Waals surface area contributed by atoms with Crippen LogP contribution in [0.3, 0.4) is 0 Å². The van der Waals surface area contributed by atoms with Crippen LogP contribution in [0, 0.1) is 0 Å². The molecule has 19 heavy (non-hydrogen) atoms. The molecule has 1 aliphatic heterocycles. The minimum absolute atomic E-state index is 0.213. The summed E-state index contributed by atoms with van der Waals surface area (Å²) in [5, 5.41) is 3.15. The molecule has 0 atom stereocenters. The quantitative estimate of drug-likeness (QED) is 0.754. The monoisotopic (exact) mass is 269 g/mol. The van der Waals surface area contributed by atoms with E-state index in [4.69, 9.17) is 9.47 Å². The van der Waals surface area contributed by atoms with Gasteiger partial charge in [-0.15, -0.1) is 0 Å². The molecule has 1 spiro atoms. The van der Waals surface area contributed by atoms with Crippen LogP contribution in [0.25, 0.3) is 0 Å². The maximum Gasteiger partial charge on any atom is 0.220 e. The molecule has 110 valence electrons. The van der Waals surface area contributed by atoms with Crippen molar-refractivity contribution in [1.29, 1.82) is 0 Å². The SMILES string of the molecule is CCCCCCC(=O)NC1CCC2(CC1)OCCO2. The van der Waals surface area contributed by atoms with Crippen LogP contribution >= 0.6 is 0 Å². The van der Waals surface area contributed by atoms with Crippen molar-refractivity contribution in [2.75, 3.05) is 13.2 Å². The minimum Gasteiger partial charge on any atom is -0.353 e. The lowest BCUT2D eigenvalue weighted by molar-refractivity contribution is -0.180. The summed E-state index contributed by atoms with van der Waals surface area (Å²) in [6.07, 6.45) is 9.07. The summed E-state index contributed by atoms with van der Waals surface area (Å²) in [6.45, 7) is 3.62. The zero-order chi connectivity index (χ0) is 13.6. The second kappa shape index (κ2) is 7.25. The Labute approximate surface area is 116 Å². The largest absolute Gasteiger partial charge is 0.353 e. The van der Waals surface area contributed by atoms with E-state index in [1.54, 1.807) is 0 Å². The fourth-order valence-electron chi connectivity index (χ4n) is 3.00. The number of rotatable bonds is 6. The molecule has 1 aliphatic carbocycles. The zero-order valence-corrected chi connectivity index (χ0v) is 12.1. The smallest absolute Gasteiger partial charge is 0.220 e. The van der Waals surface area contributed by atoms with Gasteiger partial charge < -0.3 is 14.8 Å². The van der Waals surface area contributed by atoms with Gasteiger partial charge >= 0.3 is 0 Å². The molecule has 2 fully saturated rings. The van der Waals surface area contributed by atoms with E-state index in [0.717, 1.165) is 32.1 Å². The van der Waals surface area contributed by atoms with E-state index >= 15 is 0 Å². The number of ether oxygens (including phenoxy) is 2. The molecule has 0 aromatic heterocycles. The van der Waals surface area contributed by atoms with Gasteiger partial charge in [0, 0.05) is 25.3 Å². The number of amides is 1. The highest BCUT2D eigenvalue weighted by atomic mass is 16.7. The lowest BCUT2D eigenvalue weighted by atomic mass is 9.90. The van der Waals surface area contributed by atoms with E-state index in [-0.39, 0.29) is 11.7 Å². The third-order valence-corrected chi connectivity index (χ3v) is 4.18. The number of carbonyl (C=O) groups is 1. The molecule has 1 N–H and O–H groups in total. The van der Waals surface area contributed by atoms with Crippen molar-refractivity contribution >= 4 is 5.91 Å². The van der Waals surface area contributed by atoms with Crippen molar-refractivity contribution in [1.82, 2.24) is 5.32 Å². The molecular formula is C15H27NO3. The van der Waals surface area contributed by atoms with Crippen LogP contribution < -0.4 is 5.32 Å². The molecule has 1 amide bonds. The Balaban J connectivity index is 1.61. The van der Waals surface area contributed by atoms with Gasteiger partial charge in [0.05, 0.1) is 13.2 Å². The molecule has 4 nitrogen and oxygen atoms in total. The molecule has 1 saturated heterocycles. The first kappa shape index (κ1) is 14.8. The van der Waals surface area contributed by atoms with Crippen LogP contribution in [0.15, 0.2) is 0 Å². The van der Waals surface area contributed by atoms with Crippen LogP contribution in [0.5, 0.6) is 0 Å². The number of nitrogens with one attached hydrogen (secondary N) is 1. The molecule has 0 aromatic rings. The van der Waals surface area contributed by atoms with E-state index in [0.29, 0.717) is 25.7 Å². The van der Waals surface area contributed by atoms with Gasteiger partial charge in [0.1, 0.15) is 0 Å². The number of hydrogen-bond donors (Lipinski definition) is 1. The second-order valence-corrected chi connectivity index (χ2v) is 5.76. The molecule has 1 saturated carbocycles. The average Bonchev–Trinajstić information content (AvgIpc) is 2.86. The standard InChI is InChI=1S/C15H27NO3/c1-2-3-4-5-6-14(17)16-13-7-9-15(10-8-13)18-11-12-19-15/h13H,2-12H2,1H3,(H,16,17). The van der Waals surface area contributed by atoms with Gasteiger partial charge in [0.15, 0.2) is 5.79 Å². The molecule has 1 heterocycles. The third-order valence-electron chi connectivity index (χ3n) is 4.18. The Morgan fingerprint density at radius 3 is 2.47 bits per heavy atom. The van der Waals surface area contributed by atoms with Crippen molar-refractivity contribution in [2.24, 2.45) is 0 Å². The molecule has 0 unspecified atom stereocenters. The molecule has 0 radical (unpaired) electrons. The van der Waals surface area contributed by atoms with Gasteiger partial charge in [-0.05, 0) is 19.3 Å². The summed E-state index contributed by atoms with van der Waals surface area (Å²) in [5.41, 5.74) is 0. The average molecular weight is 269 g/mol. The maximum absolute atomic E-state index is 11.8. The highest BCUT2D eigenvalue weighted by molar-refractivity contribution is 5.76. The molecule has 0 aromatic carbocycles. The fourth-order valence-corrected chi connectivity index (χ4v) is 3.00. The van der Waals surface area contributed by atoms with E-state index in [1.165, 1.54) is 19.3 Å². The maximum atomic E-state index is 11.8. The number of hydrogen-bond acceptors (Lipinski definition) is 3. The third kappa shape index (κ3) is 4.46. The summed E-state index contributed by atoms with van der Waals surface area (Å²) >= 11 is 0. The Hall–Kier alpha value is -0.610. The summed E-state index contributed by atoms with van der Waals surface area (Å²) in [4.78, 5) is 11.8. The van der Waals surface area contributed by atoms with Gasteiger partial charge in [-0.2, -0.15) is 0 Å². The Bertz CT molecular complexity index is 277. The van der Waals surface area contributed by atoms with E-state index in [1.807, 2.05) is 0 Å². The van der Waals surface area contributed by atoms with Crippen LogP contribution in [0.1, 0.15) is 64.7 Å². The lowest BCUT2D eigenvalue weighted by Crippen LogP contribution is -2.43. The summed E-state index contributed by atoms with van der Waals surface area (Å²) in [7, 11) is 0. The van der Waals surface area contributed by atoms with Crippen molar-refractivity contribution in [3.05, 3.63) is 0 Å². The van der Waals surface area contributed by atoms with Crippen LogP contribution in [-0.2, 0) is 14.3 Å². The zero-order valence-electron chi connectivity index (χ0n) is 12.1. The predicted molar refractivity (Wildman–Crippen MR) is 73.8 cm³/mol. The highest BCUT2D eigenvalue weighted by Crippen LogP contribution is 2.35. The lowest BCUT2D eigenvalue weighted by Gasteiger charge is -2.35. The first-order chi connectivity index (χ1) is 9.24. The van der Waals surface area contributed by atoms with E-state index < -0.39 is 0 Å². The summed E-state index contributed by atoms with van der Waals surface area (Å²) < 4.78 is 11.4. The Morgan fingerprint density at radius 1 is 1.16 bits per heavy atom. The predicted octanol–water partition coefficient (Wildman–Crippen LogP) is 2.76.